The molecule has 0 aromatic heterocycles. The molecule has 1 aliphatic rings. The van der Waals surface area contributed by atoms with Gasteiger partial charge in [-0.1, -0.05) is 6.07 Å². The highest BCUT2D eigenvalue weighted by atomic mass is 19.1. The van der Waals surface area contributed by atoms with Gasteiger partial charge in [-0.15, -0.1) is 0 Å². The highest BCUT2D eigenvalue weighted by molar-refractivity contribution is 5.37. The van der Waals surface area contributed by atoms with Gasteiger partial charge in [-0.05, 0) is 31.0 Å². The molecule has 2 aromatic rings. The third kappa shape index (κ3) is 5.19. The molecule has 0 radical (unpaired) electrons. The molecule has 0 bridgehead atoms. The minimum absolute atomic E-state index is 0.0779. The molecule has 5 nitrogen and oxygen atoms in total. The third-order valence-corrected chi connectivity index (χ3v) is 4.73. The molecule has 0 spiro atoms. The largest absolute Gasteiger partial charge is 0.494 e. The van der Waals surface area contributed by atoms with Crippen molar-refractivity contribution < 1.29 is 28.5 Å². The maximum absolute atomic E-state index is 13.3. The van der Waals surface area contributed by atoms with E-state index in [1.54, 1.807) is 0 Å². The van der Waals surface area contributed by atoms with E-state index in [0.717, 1.165) is 29.3 Å². The zero-order valence-corrected chi connectivity index (χ0v) is 15.8. The Morgan fingerprint density at radius 3 is 2.54 bits per heavy atom. The summed E-state index contributed by atoms with van der Waals surface area (Å²) in [4.78, 5) is 2.08. The first kappa shape index (κ1) is 20.5. The van der Waals surface area contributed by atoms with Gasteiger partial charge >= 0.3 is 0 Å². The summed E-state index contributed by atoms with van der Waals surface area (Å²) in [7, 11) is 0. The fourth-order valence-electron chi connectivity index (χ4n) is 3.44. The Morgan fingerprint density at radius 2 is 1.89 bits per heavy atom. The van der Waals surface area contributed by atoms with Gasteiger partial charge in [-0.2, -0.15) is 0 Å². The van der Waals surface area contributed by atoms with E-state index in [1.807, 2.05) is 25.1 Å². The number of likely N-dealkylation sites (tertiary alicyclic amines) is 1. The van der Waals surface area contributed by atoms with Crippen molar-refractivity contribution in [1.82, 2.24) is 4.90 Å². The van der Waals surface area contributed by atoms with Gasteiger partial charge < -0.3 is 19.7 Å². The van der Waals surface area contributed by atoms with Crippen LogP contribution in [-0.4, -0.2) is 47.0 Å². The van der Waals surface area contributed by atoms with Crippen LogP contribution < -0.4 is 9.47 Å². The van der Waals surface area contributed by atoms with Crippen LogP contribution in [0.2, 0.25) is 0 Å². The number of aliphatic hydroxyl groups excluding tert-OH is 2. The van der Waals surface area contributed by atoms with Crippen LogP contribution in [0.3, 0.4) is 0 Å². The normalized spacial score (nSPS) is 20.2. The Labute approximate surface area is 163 Å². The quantitative estimate of drug-likeness (QED) is 0.758. The average molecular weight is 393 g/mol. The average Bonchev–Trinajstić information content (AvgIpc) is 2.64. The van der Waals surface area contributed by atoms with E-state index in [2.05, 4.69) is 4.90 Å². The molecule has 1 heterocycles. The Balaban J connectivity index is 1.59. The molecule has 2 aromatic carbocycles. The number of hydrogen-bond donors (Lipinski definition) is 2. The molecule has 2 atom stereocenters. The molecule has 2 N–H and O–H groups in total. The van der Waals surface area contributed by atoms with Gasteiger partial charge in [-0.25, -0.2) is 8.78 Å². The van der Waals surface area contributed by atoms with Crippen molar-refractivity contribution in [3.8, 4) is 11.5 Å². The van der Waals surface area contributed by atoms with Crippen LogP contribution in [0, 0.1) is 11.6 Å². The van der Waals surface area contributed by atoms with Crippen LogP contribution in [0.25, 0.3) is 0 Å². The van der Waals surface area contributed by atoms with Crippen molar-refractivity contribution in [3.63, 3.8) is 0 Å². The summed E-state index contributed by atoms with van der Waals surface area (Å²) in [5.41, 5.74) is 1.73. The number of hydrogen-bond acceptors (Lipinski definition) is 5. The van der Waals surface area contributed by atoms with Crippen LogP contribution >= 0.6 is 0 Å². The molecule has 0 saturated carbocycles. The van der Waals surface area contributed by atoms with Crippen LogP contribution in [0.4, 0.5) is 8.78 Å². The number of piperidine rings is 1. The lowest BCUT2D eigenvalue weighted by Gasteiger charge is -2.36. The Hall–Kier alpha value is -2.22. The van der Waals surface area contributed by atoms with E-state index in [9.17, 15) is 19.0 Å². The first-order chi connectivity index (χ1) is 13.5. The maximum Gasteiger partial charge on any atom is 0.129 e. The SMILES string of the molecule is CCOc1ccc(CN2CC[C@@H](Oc3cc(F)cc(F)c3)[C@H](O)C2)cc1CO. The van der Waals surface area contributed by atoms with E-state index >= 15 is 0 Å². The molecule has 1 fully saturated rings. The number of rotatable bonds is 7. The predicted molar refractivity (Wildman–Crippen MR) is 100 cm³/mol. The number of nitrogens with zero attached hydrogens (tertiary/aromatic N) is 1. The lowest BCUT2D eigenvalue weighted by Crippen LogP contribution is -2.48. The Morgan fingerprint density at radius 1 is 1.14 bits per heavy atom. The molecule has 0 aliphatic carbocycles. The van der Waals surface area contributed by atoms with Gasteiger partial charge in [0.15, 0.2) is 0 Å². The van der Waals surface area contributed by atoms with Crippen molar-refractivity contribution in [2.24, 2.45) is 0 Å². The van der Waals surface area contributed by atoms with Gasteiger partial charge in [0.1, 0.15) is 35.3 Å². The zero-order valence-electron chi connectivity index (χ0n) is 15.8. The second-order valence-corrected chi connectivity index (χ2v) is 6.89. The molecule has 1 aliphatic heterocycles. The maximum atomic E-state index is 13.3. The predicted octanol–water partition coefficient (Wildman–Crippen LogP) is 2.87. The number of aliphatic hydroxyl groups is 2. The summed E-state index contributed by atoms with van der Waals surface area (Å²) in [5, 5.41) is 19.9. The second kappa shape index (κ2) is 9.32. The van der Waals surface area contributed by atoms with Crippen LogP contribution in [-0.2, 0) is 13.2 Å². The molecular weight excluding hydrogens is 368 g/mol. The molecule has 0 amide bonds. The van der Waals surface area contributed by atoms with Gasteiger partial charge in [0.2, 0.25) is 0 Å². The lowest BCUT2D eigenvalue weighted by molar-refractivity contribution is -0.0277. The summed E-state index contributed by atoms with van der Waals surface area (Å²) < 4.78 is 37.7. The molecule has 28 heavy (non-hydrogen) atoms. The Kier molecular flexibility index (Phi) is 6.83. The van der Waals surface area contributed by atoms with Crippen molar-refractivity contribution in [1.29, 1.82) is 0 Å². The third-order valence-electron chi connectivity index (χ3n) is 4.73. The fourth-order valence-corrected chi connectivity index (χ4v) is 3.44. The van der Waals surface area contributed by atoms with E-state index in [1.165, 1.54) is 0 Å². The minimum atomic E-state index is -0.778. The van der Waals surface area contributed by atoms with Crippen molar-refractivity contribution >= 4 is 0 Å². The van der Waals surface area contributed by atoms with Gasteiger partial charge in [0, 0.05) is 43.4 Å². The van der Waals surface area contributed by atoms with Crippen LogP contribution in [0.1, 0.15) is 24.5 Å². The summed E-state index contributed by atoms with van der Waals surface area (Å²) in [6, 6.07) is 8.68. The second-order valence-electron chi connectivity index (χ2n) is 6.89. The first-order valence-electron chi connectivity index (χ1n) is 9.37. The van der Waals surface area contributed by atoms with E-state index < -0.39 is 23.8 Å². The molecule has 152 valence electrons. The van der Waals surface area contributed by atoms with E-state index in [0.29, 0.717) is 38.4 Å². The summed E-state index contributed by atoms with van der Waals surface area (Å²) in [6.07, 6.45) is -0.769. The van der Waals surface area contributed by atoms with Crippen LogP contribution in [0.15, 0.2) is 36.4 Å². The number of ether oxygens (including phenoxy) is 2. The smallest absolute Gasteiger partial charge is 0.129 e. The van der Waals surface area contributed by atoms with E-state index in [-0.39, 0.29) is 12.4 Å². The Bertz CT molecular complexity index is 782. The zero-order chi connectivity index (χ0) is 20.1. The minimum Gasteiger partial charge on any atom is -0.494 e. The molecule has 7 heteroatoms. The van der Waals surface area contributed by atoms with Gasteiger partial charge in [0.05, 0.1) is 13.2 Å². The fraction of sp³-hybridized carbons (Fsp3) is 0.429. The standard InChI is InChI=1S/C21H25F2NO4/c1-2-27-20-4-3-14(7-15(20)13-25)11-24-6-5-21(19(26)12-24)28-18-9-16(22)8-17(23)10-18/h3-4,7-10,19,21,25-26H,2,5-6,11-13H2,1H3/t19-,21-/m1/s1. The monoisotopic (exact) mass is 393 g/mol. The molecular formula is C21H25F2NO4. The molecule has 0 unspecified atom stereocenters. The first-order valence-corrected chi connectivity index (χ1v) is 9.37. The lowest BCUT2D eigenvalue weighted by atomic mass is 10.0. The molecule has 3 rings (SSSR count). The van der Waals surface area contributed by atoms with Crippen molar-refractivity contribution in [2.75, 3.05) is 19.7 Å². The van der Waals surface area contributed by atoms with Crippen molar-refractivity contribution in [2.45, 2.75) is 38.7 Å². The topological polar surface area (TPSA) is 62.2 Å². The summed E-state index contributed by atoms with van der Waals surface area (Å²) in [6.45, 7) is 3.97. The number of halogens is 2. The summed E-state index contributed by atoms with van der Waals surface area (Å²) >= 11 is 0. The van der Waals surface area contributed by atoms with Crippen molar-refractivity contribution in [3.05, 3.63) is 59.2 Å². The number of benzene rings is 2. The van der Waals surface area contributed by atoms with Crippen LogP contribution in [0.5, 0.6) is 11.5 Å². The molecule has 1 saturated heterocycles. The van der Waals surface area contributed by atoms with E-state index in [4.69, 9.17) is 9.47 Å². The van der Waals surface area contributed by atoms with Gasteiger partial charge in [-0.3, -0.25) is 4.90 Å². The van der Waals surface area contributed by atoms with Gasteiger partial charge in [0.25, 0.3) is 0 Å². The number of β-amino-alcohol motifs (C(OH)–C–C–N with tert-alkyl or cyclic N) is 1. The highest BCUT2D eigenvalue weighted by Crippen LogP contribution is 2.24. The highest BCUT2D eigenvalue weighted by Gasteiger charge is 2.29. The summed E-state index contributed by atoms with van der Waals surface area (Å²) in [5.74, 6) is -0.674.